The summed E-state index contributed by atoms with van der Waals surface area (Å²) in [5.41, 5.74) is 1.05. The lowest BCUT2D eigenvalue weighted by Gasteiger charge is -2.10. The average Bonchev–Trinajstić information content (AvgIpc) is 2.71. The van der Waals surface area contributed by atoms with Gasteiger partial charge in [-0.25, -0.2) is 18.4 Å². The standard InChI is InChI=1S/C19H22N2O7S/c1-26-16-8-3-13(11-17(16)27-2)9-10-21-18(22)12-28-19(23)14-4-6-15(7-5-14)29(20,24)25/h3-8,11H,9-10,12H2,1-2H3,(H,21,22)(H2,20,24,25). The zero-order valence-corrected chi connectivity index (χ0v) is 16.8. The highest BCUT2D eigenvalue weighted by molar-refractivity contribution is 7.89. The van der Waals surface area contributed by atoms with Crippen LogP contribution in [-0.2, 0) is 26.0 Å². The van der Waals surface area contributed by atoms with Crippen molar-refractivity contribution < 1.29 is 32.2 Å². The van der Waals surface area contributed by atoms with Gasteiger partial charge in [-0.05, 0) is 48.4 Å². The maximum atomic E-state index is 11.9. The zero-order chi connectivity index (χ0) is 21.4. The van der Waals surface area contributed by atoms with Crippen LogP contribution >= 0.6 is 0 Å². The van der Waals surface area contributed by atoms with Gasteiger partial charge in [-0.2, -0.15) is 0 Å². The van der Waals surface area contributed by atoms with Gasteiger partial charge in [-0.1, -0.05) is 6.07 Å². The molecular formula is C19H22N2O7S. The minimum Gasteiger partial charge on any atom is -0.493 e. The van der Waals surface area contributed by atoms with E-state index in [4.69, 9.17) is 19.3 Å². The van der Waals surface area contributed by atoms with Gasteiger partial charge >= 0.3 is 5.97 Å². The molecule has 0 aliphatic rings. The van der Waals surface area contributed by atoms with Crippen molar-refractivity contribution in [3.63, 3.8) is 0 Å². The largest absolute Gasteiger partial charge is 0.493 e. The first-order valence-corrected chi connectivity index (χ1v) is 10.1. The molecule has 2 aromatic carbocycles. The smallest absolute Gasteiger partial charge is 0.338 e. The molecule has 0 saturated heterocycles. The molecule has 1 amide bonds. The van der Waals surface area contributed by atoms with Crippen LogP contribution in [0.25, 0.3) is 0 Å². The molecule has 3 N–H and O–H groups in total. The lowest BCUT2D eigenvalue weighted by Crippen LogP contribution is -2.30. The first-order chi connectivity index (χ1) is 13.7. The Bertz CT molecular complexity index is 973. The van der Waals surface area contributed by atoms with Crippen molar-refractivity contribution in [2.24, 2.45) is 5.14 Å². The molecule has 0 radical (unpaired) electrons. The van der Waals surface area contributed by atoms with Crippen molar-refractivity contribution in [2.75, 3.05) is 27.4 Å². The second-order valence-electron chi connectivity index (χ2n) is 5.93. The number of rotatable bonds is 9. The fourth-order valence-corrected chi connectivity index (χ4v) is 2.94. The second kappa shape index (κ2) is 9.89. The number of primary sulfonamides is 1. The Morgan fingerprint density at radius 1 is 1.00 bits per heavy atom. The summed E-state index contributed by atoms with van der Waals surface area (Å²) in [5, 5.41) is 7.64. The van der Waals surface area contributed by atoms with E-state index in [0.29, 0.717) is 24.5 Å². The summed E-state index contributed by atoms with van der Waals surface area (Å²) >= 11 is 0. The predicted octanol–water partition coefficient (Wildman–Crippen LogP) is 0.867. The van der Waals surface area contributed by atoms with E-state index in [0.717, 1.165) is 5.56 Å². The fraction of sp³-hybridized carbons (Fsp3) is 0.263. The highest BCUT2D eigenvalue weighted by atomic mass is 32.2. The number of carbonyl (C=O) groups is 2. The number of esters is 1. The molecule has 29 heavy (non-hydrogen) atoms. The summed E-state index contributed by atoms with van der Waals surface area (Å²) < 4.78 is 37.7. The third kappa shape index (κ3) is 6.47. The van der Waals surface area contributed by atoms with Crippen molar-refractivity contribution in [3.8, 4) is 11.5 Å². The number of methoxy groups -OCH3 is 2. The van der Waals surface area contributed by atoms with Crippen LogP contribution < -0.4 is 19.9 Å². The number of nitrogens with two attached hydrogens (primary N) is 1. The van der Waals surface area contributed by atoms with Crippen molar-refractivity contribution in [1.29, 1.82) is 0 Å². The molecule has 156 valence electrons. The molecule has 0 saturated carbocycles. The number of sulfonamides is 1. The average molecular weight is 422 g/mol. The predicted molar refractivity (Wildman–Crippen MR) is 104 cm³/mol. The zero-order valence-electron chi connectivity index (χ0n) is 16.0. The Morgan fingerprint density at radius 3 is 2.24 bits per heavy atom. The van der Waals surface area contributed by atoms with Crippen LogP contribution in [0.2, 0.25) is 0 Å². The topological polar surface area (TPSA) is 134 Å². The van der Waals surface area contributed by atoms with Crippen LogP contribution in [0.4, 0.5) is 0 Å². The van der Waals surface area contributed by atoms with E-state index in [2.05, 4.69) is 5.32 Å². The Kier molecular flexibility index (Phi) is 7.57. The Labute approximate surface area is 168 Å². The lowest BCUT2D eigenvalue weighted by atomic mass is 10.1. The minimum atomic E-state index is -3.84. The van der Waals surface area contributed by atoms with Gasteiger partial charge in [0.05, 0.1) is 24.7 Å². The van der Waals surface area contributed by atoms with Gasteiger partial charge in [0.1, 0.15) is 0 Å². The molecule has 2 aromatic rings. The maximum absolute atomic E-state index is 11.9. The molecule has 9 nitrogen and oxygen atoms in total. The maximum Gasteiger partial charge on any atom is 0.338 e. The number of amides is 1. The number of ether oxygens (including phenoxy) is 3. The molecule has 0 aliphatic heterocycles. The molecule has 0 bridgehead atoms. The quantitative estimate of drug-likeness (QED) is 0.573. The Morgan fingerprint density at radius 2 is 1.66 bits per heavy atom. The summed E-state index contributed by atoms with van der Waals surface area (Å²) in [6.07, 6.45) is 0.551. The molecule has 0 aromatic heterocycles. The SMILES string of the molecule is COc1ccc(CCNC(=O)COC(=O)c2ccc(S(N)(=O)=O)cc2)cc1OC. The van der Waals surface area contributed by atoms with Gasteiger partial charge in [0.15, 0.2) is 18.1 Å². The van der Waals surface area contributed by atoms with Gasteiger partial charge in [0.2, 0.25) is 10.0 Å². The molecular weight excluding hydrogens is 400 g/mol. The van der Waals surface area contributed by atoms with Crippen molar-refractivity contribution in [1.82, 2.24) is 5.32 Å². The Balaban J connectivity index is 1.79. The van der Waals surface area contributed by atoms with Crippen LogP contribution in [-0.4, -0.2) is 47.7 Å². The minimum absolute atomic E-state index is 0.107. The highest BCUT2D eigenvalue weighted by Crippen LogP contribution is 2.27. The molecule has 0 heterocycles. The van der Waals surface area contributed by atoms with E-state index < -0.39 is 28.5 Å². The molecule has 0 aliphatic carbocycles. The van der Waals surface area contributed by atoms with Gasteiger partial charge in [-0.15, -0.1) is 0 Å². The molecule has 0 unspecified atom stereocenters. The van der Waals surface area contributed by atoms with E-state index in [9.17, 15) is 18.0 Å². The summed E-state index contributed by atoms with van der Waals surface area (Å²) in [6.45, 7) is -0.114. The second-order valence-corrected chi connectivity index (χ2v) is 7.50. The highest BCUT2D eigenvalue weighted by Gasteiger charge is 2.13. The monoisotopic (exact) mass is 422 g/mol. The van der Waals surface area contributed by atoms with Crippen molar-refractivity contribution in [3.05, 3.63) is 53.6 Å². The van der Waals surface area contributed by atoms with Crippen LogP contribution in [0.15, 0.2) is 47.4 Å². The molecule has 0 spiro atoms. The third-order valence-corrected chi connectivity index (χ3v) is 4.87. The van der Waals surface area contributed by atoms with E-state index in [1.54, 1.807) is 20.3 Å². The number of benzene rings is 2. The van der Waals surface area contributed by atoms with Crippen LogP contribution in [0.5, 0.6) is 11.5 Å². The summed E-state index contributed by atoms with van der Waals surface area (Å²) in [7, 11) is -0.753. The number of hydrogen-bond donors (Lipinski definition) is 2. The number of hydrogen-bond acceptors (Lipinski definition) is 7. The molecule has 2 rings (SSSR count). The van der Waals surface area contributed by atoms with E-state index >= 15 is 0 Å². The van der Waals surface area contributed by atoms with Gasteiger partial charge in [0, 0.05) is 6.54 Å². The molecule has 0 atom stereocenters. The number of nitrogens with one attached hydrogen (secondary N) is 1. The van der Waals surface area contributed by atoms with Gasteiger partial charge in [-0.3, -0.25) is 4.79 Å². The third-order valence-electron chi connectivity index (χ3n) is 3.94. The summed E-state index contributed by atoms with van der Waals surface area (Å²) in [4.78, 5) is 23.7. The van der Waals surface area contributed by atoms with Crippen LogP contribution in [0.3, 0.4) is 0 Å². The molecule has 10 heteroatoms. The van der Waals surface area contributed by atoms with Crippen LogP contribution in [0.1, 0.15) is 15.9 Å². The van der Waals surface area contributed by atoms with Gasteiger partial charge < -0.3 is 19.5 Å². The van der Waals surface area contributed by atoms with E-state index in [1.165, 1.54) is 24.3 Å². The molecule has 0 fully saturated rings. The summed E-state index contributed by atoms with van der Waals surface area (Å²) in [5.74, 6) is 0.00370. The van der Waals surface area contributed by atoms with Gasteiger partial charge in [0.25, 0.3) is 5.91 Å². The van der Waals surface area contributed by atoms with Crippen molar-refractivity contribution in [2.45, 2.75) is 11.3 Å². The normalized spacial score (nSPS) is 10.9. The van der Waals surface area contributed by atoms with E-state index in [-0.39, 0.29) is 10.5 Å². The Hall–Kier alpha value is -3.11. The van der Waals surface area contributed by atoms with Crippen molar-refractivity contribution >= 4 is 21.9 Å². The number of carbonyl (C=O) groups excluding carboxylic acids is 2. The first kappa shape index (κ1) is 22.2. The van der Waals surface area contributed by atoms with E-state index in [1.807, 2.05) is 12.1 Å². The fourth-order valence-electron chi connectivity index (χ4n) is 2.43. The summed E-state index contributed by atoms with van der Waals surface area (Å²) in [6, 6.07) is 10.4. The lowest BCUT2D eigenvalue weighted by molar-refractivity contribution is -0.124. The van der Waals surface area contributed by atoms with Crippen LogP contribution in [0, 0.1) is 0 Å². The first-order valence-electron chi connectivity index (χ1n) is 8.52.